The molecule has 0 saturated heterocycles. The van der Waals surface area contributed by atoms with Gasteiger partial charge in [-0.1, -0.05) is 37.3 Å². The first-order chi connectivity index (χ1) is 12.6. The van der Waals surface area contributed by atoms with Crippen LogP contribution in [0.4, 0.5) is 4.39 Å². The number of rotatable bonds is 6. The van der Waals surface area contributed by atoms with Crippen LogP contribution in [0.15, 0.2) is 53.4 Å². The standard InChI is InChI=1S/C20H18FNO3S/c1-3-26-18-17(13-8-10-15(21)11-9-13)19(23)22(20(18)24)12-14-6-4-5-7-16(14)25-2/h4-11H,3,12H2,1-2H3. The molecule has 0 unspecified atom stereocenters. The van der Waals surface area contributed by atoms with Gasteiger partial charge < -0.3 is 4.74 Å². The molecule has 0 atom stereocenters. The number of benzene rings is 2. The number of hydrogen-bond donors (Lipinski definition) is 0. The molecular formula is C20H18FNO3S. The molecule has 134 valence electrons. The predicted molar refractivity (Wildman–Crippen MR) is 100 cm³/mol. The summed E-state index contributed by atoms with van der Waals surface area (Å²) in [6.45, 7) is 2.04. The fourth-order valence-electron chi connectivity index (χ4n) is 2.85. The molecule has 26 heavy (non-hydrogen) atoms. The van der Waals surface area contributed by atoms with E-state index in [4.69, 9.17) is 4.74 Å². The fourth-order valence-corrected chi connectivity index (χ4v) is 3.72. The van der Waals surface area contributed by atoms with Crippen molar-refractivity contribution in [2.24, 2.45) is 0 Å². The minimum absolute atomic E-state index is 0.125. The normalized spacial score (nSPS) is 14.3. The summed E-state index contributed by atoms with van der Waals surface area (Å²) in [6, 6.07) is 12.9. The van der Waals surface area contributed by atoms with Gasteiger partial charge in [0.05, 0.1) is 24.1 Å². The summed E-state index contributed by atoms with van der Waals surface area (Å²) in [4.78, 5) is 27.5. The van der Waals surface area contributed by atoms with Crippen LogP contribution >= 0.6 is 11.8 Å². The second kappa shape index (κ2) is 7.74. The van der Waals surface area contributed by atoms with E-state index in [2.05, 4.69) is 0 Å². The molecule has 0 aliphatic carbocycles. The lowest BCUT2D eigenvalue weighted by Crippen LogP contribution is -2.31. The molecule has 0 bridgehead atoms. The first-order valence-corrected chi connectivity index (χ1v) is 9.16. The van der Waals surface area contributed by atoms with E-state index >= 15 is 0 Å². The zero-order valence-electron chi connectivity index (χ0n) is 14.5. The largest absolute Gasteiger partial charge is 0.496 e. The van der Waals surface area contributed by atoms with E-state index in [1.807, 2.05) is 25.1 Å². The van der Waals surface area contributed by atoms with Gasteiger partial charge in [0.25, 0.3) is 11.8 Å². The lowest BCUT2D eigenvalue weighted by atomic mass is 10.1. The average molecular weight is 371 g/mol. The molecule has 1 aliphatic rings. The highest BCUT2D eigenvalue weighted by Gasteiger charge is 2.39. The lowest BCUT2D eigenvalue weighted by molar-refractivity contribution is -0.137. The Morgan fingerprint density at radius 3 is 2.38 bits per heavy atom. The molecule has 4 nitrogen and oxygen atoms in total. The van der Waals surface area contributed by atoms with Crippen LogP contribution in [0.1, 0.15) is 18.1 Å². The van der Waals surface area contributed by atoms with Crippen molar-refractivity contribution in [2.45, 2.75) is 13.5 Å². The summed E-state index contributed by atoms with van der Waals surface area (Å²) in [5.41, 5.74) is 1.62. The third-order valence-corrected chi connectivity index (χ3v) is 5.02. The van der Waals surface area contributed by atoms with Crippen LogP contribution in [0, 0.1) is 5.82 Å². The number of methoxy groups -OCH3 is 1. The smallest absolute Gasteiger partial charge is 0.268 e. The Bertz CT molecular complexity index is 877. The van der Waals surface area contributed by atoms with Gasteiger partial charge in [-0.05, 0) is 29.5 Å². The maximum atomic E-state index is 13.2. The molecule has 0 spiro atoms. The molecule has 2 aromatic carbocycles. The van der Waals surface area contributed by atoms with Gasteiger partial charge in [0.1, 0.15) is 11.6 Å². The molecule has 0 saturated carbocycles. The SMILES string of the molecule is CCSC1=C(c2ccc(F)cc2)C(=O)N(Cc2ccccc2OC)C1=O. The van der Waals surface area contributed by atoms with E-state index in [1.165, 1.54) is 40.9 Å². The van der Waals surface area contributed by atoms with Crippen molar-refractivity contribution in [3.8, 4) is 5.75 Å². The van der Waals surface area contributed by atoms with Crippen LogP contribution in [0.3, 0.4) is 0 Å². The summed E-state index contributed by atoms with van der Waals surface area (Å²) in [5, 5.41) is 0. The Hall–Kier alpha value is -2.60. The van der Waals surface area contributed by atoms with Crippen molar-refractivity contribution in [3.05, 3.63) is 70.4 Å². The van der Waals surface area contributed by atoms with Gasteiger partial charge >= 0.3 is 0 Å². The number of hydrogen-bond acceptors (Lipinski definition) is 4. The number of halogens is 1. The number of nitrogens with zero attached hydrogens (tertiary/aromatic N) is 1. The number of carbonyl (C=O) groups excluding carboxylic acids is 2. The summed E-state index contributed by atoms with van der Waals surface area (Å²) >= 11 is 1.32. The van der Waals surface area contributed by atoms with Crippen molar-refractivity contribution in [2.75, 3.05) is 12.9 Å². The Labute approximate surface area is 155 Å². The highest BCUT2D eigenvalue weighted by Crippen LogP contribution is 2.37. The molecule has 0 radical (unpaired) electrons. The molecule has 0 aromatic heterocycles. The summed E-state index contributed by atoms with van der Waals surface area (Å²) < 4.78 is 18.6. The fraction of sp³-hybridized carbons (Fsp3) is 0.200. The summed E-state index contributed by atoms with van der Waals surface area (Å²) in [7, 11) is 1.55. The highest BCUT2D eigenvalue weighted by molar-refractivity contribution is 8.04. The highest BCUT2D eigenvalue weighted by atomic mass is 32.2. The van der Waals surface area contributed by atoms with Gasteiger partial charge in [0, 0.05) is 5.56 Å². The zero-order chi connectivity index (χ0) is 18.7. The van der Waals surface area contributed by atoms with Crippen molar-refractivity contribution in [1.82, 2.24) is 4.90 Å². The Morgan fingerprint density at radius 2 is 1.73 bits per heavy atom. The van der Waals surface area contributed by atoms with Crippen LogP contribution in [0.25, 0.3) is 5.57 Å². The number of ether oxygens (including phenoxy) is 1. The van der Waals surface area contributed by atoms with Crippen LogP contribution in [-0.2, 0) is 16.1 Å². The van der Waals surface area contributed by atoms with Gasteiger partial charge in [-0.25, -0.2) is 4.39 Å². The molecular weight excluding hydrogens is 353 g/mol. The summed E-state index contributed by atoms with van der Waals surface area (Å²) in [6.07, 6.45) is 0. The molecule has 1 aliphatic heterocycles. The molecule has 2 amide bonds. The minimum Gasteiger partial charge on any atom is -0.496 e. The van der Waals surface area contributed by atoms with Crippen LogP contribution in [0.2, 0.25) is 0 Å². The van der Waals surface area contributed by atoms with E-state index in [-0.39, 0.29) is 24.2 Å². The third kappa shape index (κ3) is 3.37. The van der Waals surface area contributed by atoms with Gasteiger partial charge in [0.2, 0.25) is 0 Å². The second-order valence-electron chi connectivity index (χ2n) is 5.65. The number of thioether (sulfide) groups is 1. The molecule has 3 rings (SSSR count). The number of carbonyl (C=O) groups is 2. The second-order valence-corrected chi connectivity index (χ2v) is 6.93. The number of imide groups is 1. The Morgan fingerprint density at radius 1 is 1.04 bits per heavy atom. The Kier molecular flexibility index (Phi) is 5.42. The van der Waals surface area contributed by atoms with Gasteiger partial charge in [-0.3, -0.25) is 14.5 Å². The van der Waals surface area contributed by atoms with Crippen LogP contribution in [-0.4, -0.2) is 29.6 Å². The number of amides is 2. The number of para-hydroxylation sites is 1. The van der Waals surface area contributed by atoms with Crippen molar-refractivity contribution in [1.29, 1.82) is 0 Å². The van der Waals surface area contributed by atoms with Crippen molar-refractivity contribution in [3.63, 3.8) is 0 Å². The van der Waals surface area contributed by atoms with Crippen LogP contribution in [0.5, 0.6) is 5.75 Å². The zero-order valence-corrected chi connectivity index (χ0v) is 15.3. The van der Waals surface area contributed by atoms with E-state index in [0.717, 1.165) is 5.56 Å². The average Bonchev–Trinajstić information content (AvgIpc) is 2.88. The predicted octanol–water partition coefficient (Wildman–Crippen LogP) is 3.87. The van der Waals surface area contributed by atoms with Crippen molar-refractivity contribution < 1.29 is 18.7 Å². The van der Waals surface area contributed by atoms with E-state index < -0.39 is 0 Å². The molecule has 1 heterocycles. The van der Waals surface area contributed by atoms with E-state index in [1.54, 1.807) is 13.2 Å². The maximum Gasteiger partial charge on any atom is 0.268 e. The lowest BCUT2D eigenvalue weighted by Gasteiger charge is -2.17. The van der Waals surface area contributed by atoms with E-state index in [0.29, 0.717) is 27.5 Å². The minimum atomic E-state index is -0.387. The Balaban J connectivity index is 1.98. The molecule has 6 heteroatoms. The molecule has 0 fully saturated rings. The molecule has 0 N–H and O–H groups in total. The maximum absolute atomic E-state index is 13.2. The van der Waals surface area contributed by atoms with Gasteiger partial charge in [0.15, 0.2) is 0 Å². The molecule has 2 aromatic rings. The van der Waals surface area contributed by atoms with E-state index in [9.17, 15) is 14.0 Å². The monoisotopic (exact) mass is 371 g/mol. The first-order valence-electron chi connectivity index (χ1n) is 8.18. The van der Waals surface area contributed by atoms with Gasteiger partial charge in [-0.2, -0.15) is 0 Å². The quantitative estimate of drug-likeness (QED) is 0.724. The summed E-state index contributed by atoms with van der Waals surface area (Å²) in [5.74, 6) is 0.187. The van der Waals surface area contributed by atoms with Gasteiger partial charge in [-0.15, -0.1) is 11.8 Å². The topological polar surface area (TPSA) is 46.6 Å². The first kappa shape index (κ1) is 18.2. The van der Waals surface area contributed by atoms with Crippen LogP contribution < -0.4 is 4.74 Å². The third-order valence-electron chi connectivity index (χ3n) is 4.07. The van der Waals surface area contributed by atoms with Crippen molar-refractivity contribution >= 4 is 29.1 Å².